The molecule has 0 amide bonds. The zero-order valence-corrected chi connectivity index (χ0v) is 16.6. The maximum absolute atomic E-state index is 11.9. The van der Waals surface area contributed by atoms with Gasteiger partial charge in [-0.1, -0.05) is 20.8 Å². The van der Waals surface area contributed by atoms with Gasteiger partial charge in [0.2, 0.25) is 0 Å². The van der Waals surface area contributed by atoms with Crippen LogP contribution in [0.4, 0.5) is 0 Å². The Hall–Kier alpha value is -0.610. The molecular weight excluding hydrogens is 328 g/mol. The summed E-state index contributed by atoms with van der Waals surface area (Å²) >= 11 is 0. The molecule has 0 aromatic rings. The highest BCUT2D eigenvalue weighted by Crippen LogP contribution is 2.66. The van der Waals surface area contributed by atoms with Gasteiger partial charge in [0, 0.05) is 11.8 Å². The van der Waals surface area contributed by atoms with Gasteiger partial charge in [0.1, 0.15) is 6.10 Å². The zero-order chi connectivity index (χ0) is 18.7. The number of esters is 1. The Morgan fingerprint density at radius 1 is 1.00 bits per heavy atom. The van der Waals surface area contributed by atoms with Crippen molar-refractivity contribution in [1.82, 2.24) is 0 Å². The molecule has 0 heterocycles. The number of fused-ring (bicyclic) bond motifs is 5. The molecule has 4 heteroatoms. The number of aliphatic hydroxyl groups is 2. The van der Waals surface area contributed by atoms with Crippen LogP contribution >= 0.6 is 0 Å². The lowest BCUT2D eigenvalue weighted by Gasteiger charge is -2.62. The van der Waals surface area contributed by atoms with Gasteiger partial charge >= 0.3 is 5.97 Å². The van der Waals surface area contributed by atoms with E-state index in [-0.39, 0.29) is 35.1 Å². The second-order valence-electron chi connectivity index (χ2n) is 10.2. The monoisotopic (exact) mass is 364 g/mol. The van der Waals surface area contributed by atoms with Crippen LogP contribution in [0, 0.1) is 34.5 Å². The third-order valence-electron chi connectivity index (χ3n) is 9.13. The number of rotatable bonds is 2. The summed E-state index contributed by atoms with van der Waals surface area (Å²) in [6.45, 7) is 6.59. The molecule has 4 saturated carbocycles. The van der Waals surface area contributed by atoms with Crippen LogP contribution in [0.2, 0.25) is 0 Å². The number of ether oxygens (including phenoxy) is 1. The molecule has 0 aliphatic heterocycles. The van der Waals surface area contributed by atoms with Gasteiger partial charge in [-0.25, -0.2) is 0 Å². The number of aliphatic hydroxyl groups excluding tert-OH is 2. The predicted octanol–water partition coefficient (Wildman–Crippen LogP) is 3.68. The first-order valence-corrected chi connectivity index (χ1v) is 10.8. The molecule has 0 radical (unpaired) electrons. The minimum atomic E-state index is -0.270. The fourth-order valence-corrected chi connectivity index (χ4v) is 7.59. The molecule has 4 nitrogen and oxygen atoms in total. The maximum Gasteiger partial charge on any atom is 0.305 e. The number of carbonyl (C=O) groups is 1. The standard InChI is InChI=1S/C22H36O4/c1-4-19(25)26-18-6-5-15-20-16(8-10-22(15,18)3)21(2)9-7-14(23)11-13(21)12-17(20)24/h13-18,20,23-24H,4-12H2,1-3H3/t13-,14+,15+,16+,17-,18+,20+,21+,22+/m1/s1. The van der Waals surface area contributed by atoms with Crippen LogP contribution in [0.25, 0.3) is 0 Å². The smallest absolute Gasteiger partial charge is 0.305 e. The van der Waals surface area contributed by atoms with Gasteiger partial charge in [-0.15, -0.1) is 0 Å². The fraction of sp³-hybridized carbons (Fsp3) is 0.955. The summed E-state index contributed by atoms with van der Waals surface area (Å²) in [7, 11) is 0. The molecule has 0 saturated heterocycles. The summed E-state index contributed by atoms with van der Waals surface area (Å²) in [5, 5.41) is 21.3. The Morgan fingerprint density at radius 3 is 2.42 bits per heavy atom. The molecule has 0 spiro atoms. The lowest BCUT2D eigenvalue weighted by molar-refractivity contribution is -0.184. The van der Waals surface area contributed by atoms with Crippen LogP contribution in [0.1, 0.15) is 78.6 Å². The highest BCUT2D eigenvalue weighted by atomic mass is 16.5. The van der Waals surface area contributed by atoms with Gasteiger partial charge in [0.15, 0.2) is 0 Å². The molecule has 0 aromatic heterocycles. The van der Waals surface area contributed by atoms with Crippen molar-refractivity contribution in [2.75, 3.05) is 0 Å². The van der Waals surface area contributed by atoms with E-state index in [1.165, 1.54) is 0 Å². The summed E-state index contributed by atoms with van der Waals surface area (Å²) in [6.07, 6.45) is 7.92. The van der Waals surface area contributed by atoms with E-state index in [0.717, 1.165) is 51.4 Å². The Labute approximate surface area is 157 Å². The number of hydrogen-bond donors (Lipinski definition) is 2. The molecule has 0 unspecified atom stereocenters. The Bertz CT molecular complexity index is 562. The van der Waals surface area contributed by atoms with E-state index >= 15 is 0 Å². The summed E-state index contributed by atoms with van der Waals surface area (Å²) in [6, 6.07) is 0. The summed E-state index contributed by atoms with van der Waals surface area (Å²) < 4.78 is 5.84. The molecule has 148 valence electrons. The van der Waals surface area contributed by atoms with Crippen molar-refractivity contribution >= 4 is 5.97 Å². The third-order valence-corrected chi connectivity index (χ3v) is 9.13. The number of hydrogen-bond acceptors (Lipinski definition) is 4. The van der Waals surface area contributed by atoms with Gasteiger partial charge in [-0.05, 0) is 80.5 Å². The highest BCUT2D eigenvalue weighted by molar-refractivity contribution is 5.69. The molecule has 9 atom stereocenters. The second-order valence-corrected chi connectivity index (χ2v) is 10.2. The SMILES string of the molecule is CCC(=O)O[C@H]1CC[C@H]2[C@@H]3[C@H](O)C[C@H]4C[C@@H](O)CC[C@]4(C)[C@H]3CC[C@]12C. The van der Waals surface area contributed by atoms with E-state index in [4.69, 9.17) is 4.74 Å². The summed E-state index contributed by atoms with van der Waals surface area (Å²) in [5.41, 5.74) is 0.271. The average Bonchev–Trinajstić information content (AvgIpc) is 2.93. The molecule has 4 rings (SSSR count). The minimum absolute atomic E-state index is 0.0182. The van der Waals surface area contributed by atoms with Crippen LogP contribution in [0.5, 0.6) is 0 Å². The van der Waals surface area contributed by atoms with E-state index in [9.17, 15) is 15.0 Å². The summed E-state index contributed by atoms with van der Waals surface area (Å²) in [5.74, 6) is 1.69. The summed E-state index contributed by atoms with van der Waals surface area (Å²) in [4.78, 5) is 11.9. The van der Waals surface area contributed by atoms with Gasteiger partial charge < -0.3 is 14.9 Å². The second kappa shape index (κ2) is 6.48. The lowest BCUT2D eigenvalue weighted by atomic mass is 9.44. The molecule has 4 fully saturated rings. The first-order valence-electron chi connectivity index (χ1n) is 10.8. The van der Waals surface area contributed by atoms with Crippen LogP contribution in [-0.2, 0) is 9.53 Å². The lowest BCUT2D eigenvalue weighted by Crippen LogP contribution is -2.59. The Morgan fingerprint density at radius 2 is 1.69 bits per heavy atom. The van der Waals surface area contributed by atoms with E-state index in [1.807, 2.05) is 6.92 Å². The van der Waals surface area contributed by atoms with Crippen molar-refractivity contribution < 1.29 is 19.7 Å². The van der Waals surface area contributed by atoms with Gasteiger partial charge in [-0.3, -0.25) is 4.79 Å². The normalized spacial score (nSPS) is 53.3. The van der Waals surface area contributed by atoms with Gasteiger partial charge in [0.05, 0.1) is 12.2 Å². The fourth-order valence-electron chi connectivity index (χ4n) is 7.59. The van der Waals surface area contributed by atoms with Crippen molar-refractivity contribution in [2.24, 2.45) is 34.5 Å². The molecule has 0 aromatic carbocycles. The first kappa shape index (κ1) is 18.7. The third kappa shape index (κ3) is 2.66. The molecule has 4 aliphatic rings. The van der Waals surface area contributed by atoms with E-state index in [2.05, 4.69) is 13.8 Å². The zero-order valence-electron chi connectivity index (χ0n) is 16.6. The Kier molecular flexibility index (Phi) is 4.67. The highest BCUT2D eigenvalue weighted by Gasteiger charge is 2.63. The average molecular weight is 365 g/mol. The molecule has 2 N–H and O–H groups in total. The van der Waals surface area contributed by atoms with E-state index in [1.54, 1.807) is 0 Å². The van der Waals surface area contributed by atoms with Crippen LogP contribution < -0.4 is 0 Å². The number of carbonyl (C=O) groups excluding carboxylic acids is 1. The van der Waals surface area contributed by atoms with Gasteiger partial charge in [-0.2, -0.15) is 0 Å². The first-order chi connectivity index (χ1) is 12.3. The van der Waals surface area contributed by atoms with E-state index < -0.39 is 0 Å². The predicted molar refractivity (Wildman–Crippen MR) is 99.3 cm³/mol. The van der Waals surface area contributed by atoms with Crippen molar-refractivity contribution in [2.45, 2.75) is 96.9 Å². The van der Waals surface area contributed by atoms with Crippen LogP contribution in [0.3, 0.4) is 0 Å². The topological polar surface area (TPSA) is 66.8 Å². The molecule has 4 aliphatic carbocycles. The minimum Gasteiger partial charge on any atom is -0.462 e. The quantitative estimate of drug-likeness (QED) is 0.734. The van der Waals surface area contributed by atoms with Crippen molar-refractivity contribution in [3.63, 3.8) is 0 Å². The van der Waals surface area contributed by atoms with Crippen molar-refractivity contribution in [1.29, 1.82) is 0 Å². The van der Waals surface area contributed by atoms with Crippen molar-refractivity contribution in [3.8, 4) is 0 Å². The molecular formula is C22H36O4. The largest absolute Gasteiger partial charge is 0.462 e. The van der Waals surface area contributed by atoms with Crippen molar-refractivity contribution in [3.05, 3.63) is 0 Å². The Balaban J connectivity index is 1.59. The van der Waals surface area contributed by atoms with Crippen LogP contribution in [0.15, 0.2) is 0 Å². The molecule has 26 heavy (non-hydrogen) atoms. The van der Waals surface area contributed by atoms with E-state index in [0.29, 0.717) is 30.1 Å². The molecule has 0 bridgehead atoms. The van der Waals surface area contributed by atoms with Crippen LogP contribution in [-0.4, -0.2) is 34.5 Å². The van der Waals surface area contributed by atoms with Gasteiger partial charge in [0.25, 0.3) is 0 Å². The maximum atomic E-state index is 11.9.